The van der Waals surface area contributed by atoms with Crippen molar-refractivity contribution in [2.24, 2.45) is 5.92 Å². The molecule has 0 spiro atoms. The van der Waals surface area contributed by atoms with E-state index < -0.39 is 0 Å². The number of nitrogens with one attached hydrogen (secondary N) is 1. The van der Waals surface area contributed by atoms with Crippen LogP contribution in [0.25, 0.3) is 0 Å². The molecule has 1 fully saturated rings. The molecule has 1 N–H and O–H groups in total. The summed E-state index contributed by atoms with van der Waals surface area (Å²) in [6.07, 6.45) is 1.31. The van der Waals surface area contributed by atoms with E-state index in [1.807, 2.05) is 0 Å². The summed E-state index contributed by atoms with van der Waals surface area (Å²) in [4.78, 5) is 13.9. The van der Waals surface area contributed by atoms with E-state index in [4.69, 9.17) is 5.26 Å². The zero-order valence-electron chi connectivity index (χ0n) is 9.49. The molecule has 2 unspecified atom stereocenters. The fourth-order valence-corrected chi connectivity index (χ4v) is 1.99. The smallest absolute Gasteiger partial charge is 0.238 e. The van der Waals surface area contributed by atoms with Crippen molar-refractivity contribution in [3.63, 3.8) is 0 Å². The van der Waals surface area contributed by atoms with Crippen LogP contribution in [0.15, 0.2) is 0 Å². The zero-order chi connectivity index (χ0) is 11.3. The molecule has 0 radical (unpaired) electrons. The second-order valence-corrected chi connectivity index (χ2v) is 4.22. The predicted molar refractivity (Wildman–Crippen MR) is 58.1 cm³/mol. The highest BCUT2D eigenvalue weighted by Crippen LogP contribution is 2.12. The van der Waals surface area contributed by atoms with Crippen LogP contribution in [0.1, 0.15) is 26.7 Å². The van der Waals surface area contributed by atoms with Crippen molar-refractivity contribution in [3.05, 3.63) is 0 Å². The van der Waals surface area contributed by atoms with Gasteiger partial charge in [0.15, 0.2) is 0 Å². The SMILES string of the molecule is CCCN1CC(C)CNC(=O)C1CC#N. The molecule has 4 heteroatoms. The van der Waals surface area contributed by atoms with Gasteiger partial charge in [0.1, 0.15) is 6.04 Å². The van der Waals surface area contributed by atoms with Crippen molar-refractivity contribution in [2.45, 2.75) is 32.7 Å². The van der Waals surface area contributed by atoms with Gasteiger partial charge >= 0.3 is 0 Å². The van der Waals surface area contributed by atoms with Crippen LogP contribution in [0.2, 0.25) is 0 Å². The van der Waals surface area contributed by atoms with Crippen LogP contribution in [-0.2, 0) is 4.79 Å². The fourth-order valence-electron chi connectivity index (χ4n) is 1.99. The number of carbonyl (C=O) groups excluding carboxylic acids is 1. The van der Waals surface area contributed by atoms with E-state index in [1.165, 1.54) is 0 Å². The van der Waals surface area contributed by atoms with E-state index in [9.17, 15) is 4.79 Å². The molecule has 0 aliphatic carbocycles. The number of hydrogen-bond donors (Lipinski definition) is 1. The fraction of sp³-hybridized carbons (Fsp3) is 0.818. The van der Waals surface area contributed by atoms with E-state index in [-0.39, 0.29) is 11.9 Å². The number of amides is 1. The van der Waals surface area contributed by atoms with Crippen LogP contribution in [0.3, 0.4) is 0 Å². The Hall–Kier alpha value is -1.08. The normalized spacial score (nSPS) is 27.9. The lowest BCUT2D eigenvalue weighted by atomic mass is 10.1. The summed E-state index contributed by atoms with van der Waals surface area (Å²) in [6, 6.07) is 1.85. The standard InChI is InChI=1S/C11H19N3O/c1-3-6-14-8-9(2)7-13-11(15)10(14)4-5-12/h9-10H,3-4,6-8H2,1-2H3,(H,13,15). The minimum absolute atomic E-state index is 0.00866. The van der Waals surface area contributed by atoms with Crippen LogP contribution < -0.4 is 5.32 Å². The first-order chi connectivity index (χ1) is 7.19. The first-order valence-electron chi connectivity index (χ1n) is 5.57. The Morgan fingerprint density at radius 3 is 3.00 bits per heavy atom. The summed E-state index contributed by atoms with van der Waals surface area (Å²) >= 11 is 0. The highest BCUT2D eigenvalue weighted by molar-refractivity contribution is 5.82. The Bertz CT molecular complexity index is 259. The molecule has 0 aromatic heterocycles. The third-order valence-electron chi connectivity index (χ3n) is 2.71. The van der Waals surface area contributed by atoms with Gasteiger partial charge in [0.05, 0.1) is 12.5 Å². The van der Waals surface area contributed by atoms with Crippen molar-refractivity contribution in [3.8, 4) is 6.07 Å². The second-order valence-electron chi connectivity index (χ2n) is 4.22. The molecule has 84 valence electrons. The van der Waals surface area contributed by atoms with Crippen LogP contribution in [0.5, 0.6) is 0 Å². The number of carbonyl (C=O) groups is 1. The Morgan fingerprint density at radius 2 is 2.40 bits per heavy atom. The van der Waals surface area contributed by atoms with E-state index in [1.54, 1.807) is 0 Å². The van der Waals surface area contributed by atoms with Crippen LogP contribution >= 0.6 is 0 Å². The Labute approximate surface area is 91.2 Å². The third kappa shape index (κ3) is 3.21. The molecule has 4 nitrogen and oxygen atoms in total. The number of nitriles is 1. The van der Waals surface area contributed by atoms with Crippen molar-refractivity contribution < 1.29 is 4.79 Å². The van der Waals surface area contributed by atoms with Crippen LogP contribution in [0, 0.1) is 17.2 Å². The zero-order valence-corrected chi connectivity index (χ0v) is 9.49. The monoisotopic (exact) mass is 209 g/mol. The van der Waals surface area contributed by atoms with Gasteiger partial charge in [-0.1, -0.05) is 13.8 Å². The molecule has 1 aliphatic heterocycles. The quantitative estimate of drug-likeness (QED) is 0.746. The number of nitrogens with zero attached hydrogens (tertiary/aromatic N) is 2. The van der Waals surface area contributed by atoms with Crippen molar-refractivity contribution in [1.82, 2.24) is 10.2 Å². The topological polar surface area (TPSA) is 56.1 Å². The van der Waals surface area contributed by atoms with Gasteiger partial charge in [-0.2, -0.15) is 5.26 Å². The molecule has 0 bridgehead atoms. The summed E-state index contributed by atoms with van der Waals surface area (Å²) in [6.45, 7) is 6.73. The summed E-state index contributed by atoms with van der Waals surface area (Å²) in [5, 5.41) is 11.6. The molecule has 1 aliphatic rings. The van der Waals surface area contributed by atoms with E-state index in [0.717, 1.165) is 26.1 Å². The average molecular weight is 209 g/mol. The van der Waals surface area contributed by atoms with Crippen molar-refractivity contribution in [1.29, 1.82) is 5.26 Å². The molecule has 1 amide bonds. The van der Waals surface area contributed by atoms with Gasteiger partial charge < -0.3 is 5.32 Å². The molecule has 1 saturated heterocycles. The van der Waals surface area contributed by atoms with E-state index in [2.05, 4.69) is 30.1 Å². The first-order valence-corrected chi connectivity index (χ1v) is 5.57. The van der Waals surface area contributed by atoms with Gasteiger partial charge in [-0.3, -0.25) is 9.69 Å². The highest BCUT2D eigenvalue weighted by Gasteiger charge is 2.29. The molecule has 0 aromatic rings. The van der Waals surface area contributed by atoms with Crippen LogP contribution in [0.4, 0.5) is 0 Å². The number of rotatable bonds is 3. The molecule has 15 heavy (non-hydrogen) atoms. The molecular formula is C11H19N3O. The largest absolute Gasteiger partial charge is 0.354 e. The minimum Gasteiger partial charge on any atom is -0.354 e. The molecule has 1 heterocycles. The van der Waals surface area contributed by atoms with E-state index in [0.29, 0.717) is 12.3 Å². The van der Waals surface area contributed by atoms with Crippen molar-refractivity contribution in [2.75, 3.05) is 19.6 Å². The lowest BCUT2D eigenvalue weighted by Crippen LogP contribution is -2.44. The maximum absolute atomic E-state index is 11.7. The van der Waals surface area contributed by atoms with Gasteiger partial charge in [-0.25, -0.2) is 0 Å². The van der Waals surface area contributed by atoms with E-state index >= 15 is 0 Å². The highest BCUT2D eigenvalue weighted by atomic mass is 16.2. The number of hydrogen-bond acceptors (Lipinski definition) is 3. The van der Waals surface area contributed by atoms with Crippen LogP contribution in [-0.4, -0.2) is 36.5 Å². The molecule has 0 saturated carbocycles. The van der Waals surface area contributed by atoms with Crippen molar-refractivity contribution >= 4 is 5.91 Å². The first kappa shape index (κ1) is 12.0. The maximum atomic E-state index is 11.7. The van der Waals surface area contributed by atoms with Gasteiger partial charge in [0, 0.05) is 13.1 Å². The maximum Gasteiger partial charge on any atom is 0.238 e. The summed E-state index contributed by atoms with van der Waals surface area (Å²) in [5.41, 5.74) is 0. The Morgan fingerprint density at radius 1 is 1.67 bits per heavy atom. The van der Waals surface area contributed by atoms with Gasteiger partial charge in [0.2, 0.25) is 5.91 Å². The van der Waals surface area contributed by atoms with Gasteiger partial charge in [0.25, 0.3) is 0 Å². The molecule has 2 atom stereocenters. The summed E-state index contributed by atoms with van der Waals surface area (Å²) in [5.74, 6) is 0.471. The van der Waals surface area contributed by atoms with Gasteiger partial charge in [-0.15, -0.1) is 0 Å². The Balaban J connectivity index is 2.74. The average Bonchev–Trinajstić information content (AvgIpc) is 2.33. The lowest BCUT2D eigenvalue weighted by molar-refractivity contribution is -0.125. The lowest BCUT2D eigenvalue weighted by Gasteiger charge is -2.27. The Kier molecular flexibility index (Phi) is 4.57. The molecular weight excluding hydrogens is 190 g/mol. The second kappa shape index (κ2) is 5.72. The molecule has 0 aromatic carbocycles. The third-order valence-corrected chi connectivity index (χ3v) is 2.71. The molecule has 1 rings (SSSR count). The van der Waals surface area contributed by atoms with Gasteiger partial charge in [-0.05, 0) is 18.9 Å². The summed E-state index contributed by atoms with van der Waals surface area (Å²) in [7, 11) is 0. The predicted octanol–water partition coefficient (Wildman–Crippen LogP) is 0.747. The minimum atomic E-state index is -0.250. The summed E-state index contributed by atoms with van der Waals surface area (Å²) < 4.78 is 0.